The van der Waals surface area contributed by atoms with E-state index in [9.17, 15) is 4.39 Å². The summed E-state index contributed by atoms with van der Waals surface area (Å²) >= 11 is 0. The Morgan fingerprint density at radius 1 is 1.38 bits per heavy atom. The molecule has 0 unspecified atom stereocenters. The molecule has 0 aromatic heterocycles. The molecule has 0 aromatic carbocycles. The fraction of sp³-hybridized carbons (Fsp3) is 1.00. The van der Waals surface area contributed by atoms with Crippen LogP contribution in [0.5, 0.6) is 0 Å². The topological polar surface area (TPSA) is 18.5 Å². The molecule has 2 aliphatic carbocycles. The van der Waals surface area contributed by atoms with Gasteiger partial charge in [-0.3, -0.25) is 0 Å². The van der Waals surface area contributed by atoms with Crippen molar-refractivity contribution in [3.05, 3.63) is 0 Å². The SMILES string of the molecule is [3H][C@H]1[C@H](F)[C@H](OC(C)C)[C@]2(COC(C)C)C[C@H]12. The van der Waals surface area contributed by atoms with Crippen LogP contribution in [0.4, 0.5) is 4.39 Å². The third-order valence-electron chi connectivity index (χ3n) is 3.55. The van der Waals surface area contributed by atoms with E-state index in [1.54, 1.807) is 0 Å². The first-order valence-electron chi connectivity index (χ1n) is 6.79. The molecule has 5 atom stereocenters. The van der Waals surface area contributed by atoms with Crippen LogP contribution in [0.15, 0.2) is 0 Å². The van der Waals surface area contributed by atoms with E-state index in [1.165, 1.54) is 0 Å². The van der Waals surface area contributed by atoms with Crippen molar-refractivity contribution in [2.24, 2.45) is 11.3 Å². The zero-order valence-corrected chi connectivity index (χ0v) is 10.6. The second-order valence-corrected chi connectivity index (χ2v) is 5.65. The number of ether oxygens (including phenoxy) is 2. The summed E-state index contributed by atoms with van der Waals surface area (Å²) < 4.78 is 33.2. The van der Waals surface area contributed by atoms with Crippen LogP contribution in [-0.4, -0.2) is 31.1 Å². The summed E-state index contributed by atoms with van der Waals surface area (Å²) in [6.07, 6.45) is -1.21. The largest absolute Gasteiger partial charge is 0.378 e. The Kier molecular flexibility index (Phi) is 2.92. The van der Waals surface area contributed by atoms with Gasteiger partial charge in [0.2, 0.25) is 0 Å². The van der Waals surface area contributed by atoms with Crippen molar-refractivity contribution in [3.8, 4) is 0 Å². The third-order valence-corrected chi connectivity index (χ3v) is 3.55. The van der Waals surface area contributed by atoms with Crippen molar-refractivity contribution in [1.82, 2.24) is 0 Å². The van der Waals surface area contributed by atoms with Gasteiger partial charge in [-0.2, -0.15) is 0 Å². The third kappa shape index (κ3) is 2.12. The highest BCUT2D eigenvalue weighted by atomic mass is 19.1. The summed E-state index contributed by atoms with van der Waals surface area (Å²) in [6, 6.07) is 0. The van der Waals surface area contributed by atoms with Crippen LogP contribution >= 0.6 is 0 Å². The molecular formula is C13H23FO2. The van der Waals surface area contributed by atoms with Crippen molar-refractivity contribution in [3.63, 3.8) is 0 Å². The number of fused-ring (bicyclic) bond motifs is 1. The Morgan fingerprint density at radius 3 is 2.62 bits per heavy atom. The van der Waals surface area contributed by atoms with Crippen LogP contribution in [0, 0.1) is 11.3 Å². The van der Waals surface area contributed by atoms with E-state index in [1.807, 2.05) is 27.7 Å². The molecule has 0 amide bonds. The molecule has 3 heteroatoms. The summed E-state index contributed by atoms with van der Waals surface area (Å²) in [5.74, 6) is 0.125. The second kappa shape index (κ2) is 4.26. The van der Waals surface area contributed by atoms with Crippen molar-refractivity contribution < 1.29 is 15.2 Å². The zero-order valence-electron chi connectivity index (χ0n) is 11.6. The molecule has 0 heterocycles. The predicted molar refractivity (Wildman–Crippen MR) is 61.2 cm³/mol. The maximum Gasteiger partial charge on any atom is 0.127 e. The van der Waals surface area contributed by atoms with Gasteiger partial charge in [-0.15, -0.1) is 0 Å². The highest BCUT2D eigenvalue weighted by molar-refractivity contribution is 5.16. The first-order chi connectivity index (χ1) is 7.88. The quantitative estimate of drug-likeness (QED) is 0.725. The van der Waals surface area contributed by atoms with Gasteiger partial charge < -0.3 is 9.47 Å². The normalized spacial score (nSPS) is 47.3. The minimum Gasteiger partial charge on any atom is -0.378 e. The zero-order chi connectivity index (χ0) is 12.8. The van der Waals surface area contributed by atoms with Crippen molar-refractivity contribution in [2.75, 3.05) is 6.61 Å². The van der Waals surface area contributed by atoms with Gasteiger partial charge in [-0.25, -0.2) is 4.39 Å². The molecule has 0 N–H and O–H groups in total. The Balaban J connectivity index is 2.05. The van der Waals surface area contributed by atoms with E-state index in [4.69, 9.17) is 10.8 Å². The number of hydrogen-bond donors (Lipinski definition) is 0. The molecule has 2 saturated carbocycles. The molecule has 0 radical (unpaired) electrons. The molecule has 2 aliphatic rings. The van der Waals surface area contributed by atoms with E-state index in [0.717, 1.165) is 6.42 Å². The van der Waals surface area contributed by atoms with Gasteiger partial charge in [0.25, 0.3) is 0 Å². The standard InChI is InChI=1S/C13H23FO2/c1-8(2)15-7-13-6-10(13)5-11(14)12(13)16-9(3)4/h8-12H,5-7H2,1-4H3/t10-,11-,12-,13-/m0/s1/i5T/t5-,10+,11+,12+,13+/m1. The molecule has 16 heavy (non-hydrogen) atoms. The van der Waals surface area contributed by atoms with Gasteiger partial charge in [-0.05, 0) is 46.4 Å². The van der Waals surface area contributed by atoms with Crippen LogP contribution in [0.3, 0.4) is 0 Å². The lowest BCUT2D eigenvalue weighted by Gasteiger charge is -2.28. The van der Waals surface area contributed by atoms with Crippen LogP contribution in [0.1, 0.15) is 41.9 Å². The van der Waals surface area contributed by atoms with Gasteiger partial charge in [0, 0.05) is 6.79 Å². The summed E-state index contributed by atoms with van der Waals surface area (Å²) in [7, 11) is 0. The van der Waals surface area contributed by atoms with E-state index in [0.29, 0.717) is 6.61 Å². The number of hydrogen-bond acceptors (Lipinski definition) is 2. The van der Waals surface area contributed by atoms with E-state index >= 15 is 0 Å². The van der Waals surface area contributed by atoms with E-state index in [-0.39, 0.29) is 23.5 Å². The Bertz CT molecular complexity index is 285. The highest BCUT2D eigenvalue weighted by Crippen LogP contribution is 2.65. The van der Waals surface area contributed by atoms with Gasteiger partial charge >= 0.3 is 0 Å². The maximum absolute atomic E-state index is 14.0. The smallest absolute Gasteiger partial charge is 0.127 e. The Hall–Kier alpha value is -0.150. The fourth-order valence-electron chi connectivity index (χ4n) is 2.65. The van der Waals surface area contributed by atoms with Crippen LogP contribution in [0.2, 0.25) is 0 Å². The fourth-order valence-corrected chi connectivity index (χ4v) is 2.65. The van der Waals surface area contributed by atoms with Crippen LogP contribution in [-0.2, 0) is 9.47 Å². The summed E-state index contributed by atoms with van der Waals surface area (Å²) in [4.78, 5) is 0. The molecule has 2 nitrogen and oxygen atoms in total. The lowest BCUT2D eigenvalue weighted by atomic mass is 10.0. The number of rotatable bonds is 5. The minimum absolute atomic E-state index is 0.000671. The van der Waals surface area contributed by atoms with E-state index < -0.39 is 18.7 Å². The molecule has 0 bridgehead atoms. The van der Waals surface area contributed by atoms with Crippen molar-refractivity contribution in [1.29, 1.82) is 0 Å². The highest BCUT2D eigenvalue weighted by Gasteiger charge is 2.67. The average molecular weight is 232 g/mol. The molecule has 2 rings (SSSR count). The molecule has 2 fully saturated rings. The molecule has 94 valence electrons. The van der Waals surface area contributed by atoms with Crippen molar-refractivity contribution >= 4 is 0 Å². The Labute approximate surface area is 98.9 Å². The van der Waals surface area contributed by atoms with Gasteiger partial charge in [0.1, 0.15) is 6.17 Å². The summed E-state index contributed by atoms with van der Waals surface area (Å²) in [6.45, 7) is 8.32. The van der Waals surface area contributed by atoms with Gasteiger partial charge in [-0.1, -0.05) is 0 Å². The first-order valence-corrected chi connectivity index (χ1v) is 6.22. The predicted octanol–water partition coefficient (Wildman–Crippen LogP) is 2.95. The second-order valence-electron chi connectivity index (χ2n) is 5.65. The monoisotopic (exact) mass is 232 g/mol. The van der Waals surface area contributed by atoms with Crippen molar-refractivity contribution in [2.45, 2.75) is 65.0 Å². The first kappa shape index (κ1) is 11.0. The minimum atomic E-state index is -1.16. The molecular weight excluding hydrogens is 207 g/mol. The summed E-state index contributed by atoms with van der Waals surface area (Å²) in [5, 5.41) is 0. The molecule has 0 aromatic rings. The van der Waals surface area contributed by atoms with Crippen LogP contribution in [0.25, 0.3) is 0 Å². The molecule has 0 saturated heterocycles. The average Bonchev–Trinajstić information content (AvgIpc) is 2.92. The molecule has 0 aliphatic heterocycles. The van der Waals surface area contributed by atoms with Gasteiger partial charge in [0.15, 0.2) is 0 Å². The van der Waals surface area contributed by atoms with Crippen LogP contribution < -0.4 is 0 Å². The molecule has 0 spiro atoms. The lowest BCUT2D eigenvalue weighted by molar-refractivity contribution is -0.0876. The number of alkyl halides is 1. The van der Waals surface area contributed by atoms with E-state index in [2.05, 4.69) is 0 Å². The lowest BCUT2D eigenvalue weighted by Crippen LogP contribution is -2.36. The maximum atomic E-state index is 14.0. The Morgan fingerprint density at radius 2 is 2.06 bits per heavy atom. The number of halogens is 1. The summed E-state index contributed by atoms with van der Waals surface area (Å²) in [5.41, 5.74) is -0.222. The van der Waals surface area contributed by atoms with Gasteiger partial charge in [0.05, 0.1) is 24.9 Å².